The summed E-state index contributed by atoms with van der Waals surface area (Å²) in [5, 5.41) is 10.3. The summed E-state index contributed by atoms with van der Waals surface area (Å²) >= 11 is 0. The van der Waals surface area contributed by atoms with Crippen molar-refractivity contribution in [3.63, 3.8) is 0 Å². The summed E-state index contributed by atoms with van der Waals surface area (Å²) in [7, 11) is 1.49. The number of rotatable bonds is 5. The molecule has 9 atom stereocenters. The molecule has 9 unspecified atom stereocenters. The van der Waals surface area contributed by atoms with Gasteiger partial charge in [0.05, 0.1) is 13.2 Å². The SMILES string of the molecule is CC.CC.COC(=O)CCCCC1CC(C)C2C3CCC4CC(O)CCC4(C)C3CCC12C. The van der Waals surface area contributed by atoms with E-state index in [9.17, 15) is 9.90 Å². The standard InChI is InChI=1S/C26H44O3.2C2H6/c1-17-15-18(7-5-6-8-23(28)29-4)26(3)14-12-22-21(24(17)26)10-9-19-16-20(27)11-13-25(19,22)2;2*1-2/h17-22,24,27H,5-16H2,1-4H3;2*1-2H3. The Morgan fingerprint density at radius 2 is 1.61 bits per heavy atom. The molecule has 4 aliphatic rings. The third kappa shape index (κ3) is 5.65. The number of aliphatic hydroxyl groups excluding tert-OH is 1. The first-order valence-electron chi connectivity index (χ1n) is 14.5. The van der Waals surface area contributed by atoms with Gasteiger partial charge in [0.25, 0.3) is 0 Å². The molecule has 4 aliphatic carbocycles. The number of aliphatic hydroxyl groups is 1. The highest BCUT2D eigenvalue weighted by molar-refractivity contribution is 5.68. The normalized spacial score (nSPS) is 43.5. The van der Waals surface area contributed by atoms with Gasteiger partial charge in [-0.05, 0) is 111 Å². The molecule has 0 bridgehead atoms. The molecule has 0 heterocycles. The molecule has 1 N–H and O–H groups in total. The van der Waals surface area contributed by atoms with E-state index < -0.39 is 0 Å². The molecular weight excluding hydrogens is 408 g/mol. The average Bonchev–Trinajstić information content (AvgIpc) is 3.09. The Hall–Kier alpha value is -0.570. The van der Waals surface area contributed by atoms with E-state index in [2.05, 4.69) is 20.8 Å². The molecule has 0 aromatic carbocycles. The maximum Gasteiger partial charge on any atom is 0.305 e. The first-order chi connectivity index (χ1) is 15.8. The number of carbonyl (C=O) groups is 1. The fourth-order valence-corrected chi connectivity index (χ4v) is 9.14. The highest BCUT2D eigenvalue weighted by Gasteiger charge is 2.61. The van der Waals surface area contributed by atoms with E-state index in [1.165, 1.54) is 58.5 Å². The average molecular weight is 465 g/mol. The molecule has 3 heteroatoms. The number of unbranched alkanes of at least 4 members (excludes halogenated alkanes) is 1. The molecule has 0 amide bonds. The molecule has 194 valence electrons. The predicted octanol–water partition coefficient (Wildman–Crippen LogP) is 8.04. The Bertz CT molecular complexity index is 603. The van der Waals surface area contributed by atoms with Crippen LogP contribution in [0.1, 0.15) is 126 Å². The number of esters is 1. The second kappa shape index (κ2) is 12.4. The van der Waals surface area contributed by atoms with Crippen molar-refractivity contribution in [2.24, 2.45) is 46.3 Å². The number of methoxy groups -OCH3 is 1. The van der Waals surface area contributed by atoms with Gasteiger partial charge in [-0.2, -0.15) is 0 Å². The van der Waals surface area contributed by atoms with Gasteiger partial charge >= 0.3 is 5.97 Å². The highest BCUT2D eigenvalue weighted by Crippen LogP contribution is 2.69. The minimum absolute atomic E-state index is 0.0433. The van der Waals surface area contributed by atoms with Crippen LogP contribution < -0.4 is 0 Å². The van der Waals surface area contributed by atoms with Crippen molar-refractivity contribution < 1.29 is 14.6 Å². The van der Waals surface area contributed by atoms with Crippen LogP contribution in [-0.2, 0) is 9.53 Å². The van der Waals surface area contributed by atoms with Gasteiger partial charge in [-0.1, -0.05) is 54.9 Å². The molecule has 0 aromatic rings. The van der Waals surface area contributed by atoms with Crippen LogP contribution in [0.15, 0.2) is 0 Å². The lowest BCUT2D eigenvalue weighted by Crippen LogP contribution is -2.54. The molecule has 33 heavy (non-hydrogen) atoms. The summed E-state index contributed by atoms with van der Waals surface area (Å²) in [5.41, 5.74) is 0.977. The summed E-state index contributed by atoms with van der Waals surface area (Å²) in [6.45, 7) is 15.8. The monoisotopic (exact) mass is 464 g/mol. The van der Waals surface area contributed by atoms with E-state index in [0.717, 1.165) is 54.8 Å². The molecular formula is C30H56O3. The van der Waals surface area contributed by atoms with E-state index in [-0.39, 0.29) is 12.1 Å². The Kier molecular flexibility index (Phi) is 10.8. The first-order valence-corrected chi connectivity index (χ1v) is 14.5. The van der Waals surface area contributed by atoms with Crippen LogP contribution in [0.4, 0.5) is 0 Å². The zero-order chi connectivity index (χ0) is 24.8. The van der Waals surface area contributed by atoms with Gasteiger partial charge in [0, 0.05) is 6.42 Å². The quantitative estimate of drug-likeness (QED) is 0.331. The van der Waals surface area contributed by atoms with Gasteiger partial charge in [0.1, 0.15) is 0 Å². The summed E-state index contributed by atoms with van der Waals surface area (Å²) in [6.07, 6.45) is 14.2. The Morgan fingerprint density at radius 3 is 2.27 bits per heavy atom. The second-order valence-electron chi connectivity index (χ2n) is 11.8. The minimum atomic E-state index is -0.0583. The molecule has 4 rings (SSSR count). The van der Waals surface area contributed by atoms with E-state index in [1.54, 1.807) is 0 Å². The lowest BCUT2D eigenvalue weighted by molar-refractivity contribution is -0.140. The lowest BCUT2D eigenvalue weighted by Gasteiger charge is -2.61. The fourth-order valence-electron chi connectivity index (χ4n) is 9.14. The van der Waals surface area contributed by atoms with Crippen molar-refractivity contribution in [2.75, 3.05) is 7.11 Å². The van der Waals surface area contributed by atoms with Crippen LogP contribution in [0, 0.1) is 46.3 Å². The number of hydrogen-bond donors (Lipinski definition) is 1. The van der Waals surface area contributed by atoms with Gasteiger partial charge in [-0.15, -0.1) is 0 Å². The van der Waals surface area contributed by atoms with Gasteiger partial charge in [-0.25, -0.2) is 0 Å². The summed E-state index contributed by atoms with van der Waals surface area (Å²) in [5.74, 6) is 5.04. The van der Waals surface area contributed by atoms with Crippen molar-refractivity contribution >= 4 is 5.97 Å². The van der Waals surface area contributed by atoms with E-state index in [1.807, 2.05) is 27.7 Å². The topological polar surface area (TPSA) is 46.5 Å². The van der Waals surface area contributed by atoms with Gasteiger partial charge < -0.3 is 9.84 Å². The molecule has 0 spiro atoms. The Morgan fingerprint density at radius 1 is 0.939 bits per heavy atom. The molecule has 4 saturated carbocycles. The lowest BCUT2D eigenvalue weighted by atomic mass is 9.44. The largest absolute Gasteiger partial charge is 0.469 e. The van der Waals surface area contributed by atoms with Crippen LogP contribution in [0.3, 0.4) is 0 Å². The van der Waals surface area contributed by atoms with E-state index in [0.29, 0.717) is 17.3 Å². The van der Waals surface area contributed by atoms with Gasteiger partial charge in [0.2, 0.25) is 0 Å². The van der Waals surface area contributed by atoms with Crippen LogP contribution in [-0.4, -0.2) is 24.3 Å². The first kappa shape index (κ1) is 28.7. The number of carbonyl (C=O) groups excluding carboxylic acids is 1. The third-order valence-corrected chi connectivity index (χ3v) is 10.5. The molecule has 3 nitrogen and oxygen atoms in total. The Balaban J connectivity index is 0.000000914. The van der Waals surface area contributed by atoms with Crippen molar-refractivity contribution in [1.82, 2.24) is 0 Å². The molecule has 0 radical (unpaired) electrons. The van der Waals surface area contributed by atoms with E-state index in [4.69, 9.17) is 4.74 Å². The van der Waals surface area contributed by atoms with Crippen molar-refractivity contribution in [3.8, 4) is 0 Å². The number of ether oxygens (including phenoxy) is 1. The molecule has 0 aliphatic heterocycles. The van der Waals surface area contributed by atoms with Crippen molar-refractivity contribution in [2.45, 2.75) is 132 Å². The maximum absolute atomic E-state index is 11.4. The highest BCUT2D eigenvalue weighted by atomic mass is 16.5. The van der Waals surface area contributed by atoms with Crippen molar-refractivity contribution in [1.29, 1.82) is 0 Å². The summed E-state index contributed by atoms with van der Waals surface area (Å²) < 4.78 is 4.81. The zero-order valence-electron chi connectivity index (χ0n) is 23.3. The van der Waals surface area contributed by atoms with Crippen LogP contribution >= 0.6 is 0 Å². The number of hydrogen-bond acceptors (Lipinski definition) is 3. The number of fused-ring (bicyclic) bond motifs is 5. The van der Waals surface area contributed by atoms with Crippen molar-refractivity contribution in [3.05, 3.63) is 0 Å². The summed E-state index contributed by atoms with van der Waals surface area (Å²) in [4.78, 5) is 11.4. The Labute approximate surface area is 205 Å². The van der Waals surface area contributed by atoms with Crippen LogP contribution in [0.5, 0.6) is 0 Å². The second-order valence-corrected chi connectivity index (χ2v) is 11.8. The molecule has 0 aromatic heterocycles. The third-order valence-electron chi connectivity index (χ3n) is 10.5. The van der Waals surface area contributed by atoms with E-state index >= 15 is 0 Å². The molecule has 4 fully saturated rings. The van der Waals surface area contributed by atoms with Crippen LogP contribution in [0.2, 0.25) is 0 Å². The van der Waals surface area contributed by atoms with Crippen LogP contribution in [0.25, 0.3) is 0 Å². The zero-order valence-corrected chi connectivity index (χ0v) is 23.3. The smallest absolute Gasteiger partial charge is 0.305 e. The molecule has 0 saturated heterocycles. The maximum atomic E-state index is 11.4. The van der Waals surface area contributed by atoms with Gasteiger partial charge in [-0.3, -0.25) is 4.79 Å². The predicted molar refractivity (Wildman–Crippen MR) is 139 cm³/mol. The minimum Gasteiger partial charge on any atom is -0.469 e. The fraction of sp³-hybridized carbons (Fsp3) is 0.967. The van der Waals surface area contributed by atoms with Gasteiger partial charge in [0.15, 0.2) is 0 Å². The summed E-state index contributed by atoms with van der Waals surface area (Å²) in [6, 6.07) is 0.